The third-order valence-electron chi connectivity index (χ3n) is 4.98. The number of aliphatic carboxylic acids is 1. The first-order valence-electron chi connectivity index (χ1n) is 10.6. The highest BCUT2D eigenvalue weighted by Crippen LogP contribution is 2.22. The van der Waals surface area contributed by atoms with Crippen molar-refractivity contribution >= 4 is 34.5 Å². The van der Waals surface area contributed by atoms with E-state index in [4.69, 9.17) is 9.90 Å². The van der Waals surface area contributed by atoms with Gasteiger partial charge in [0.2, 0.25) is 5.91 Å². The number of fused-ring (bicyclic) bond motifs is 1. The van der Waals surface area contributed by atoms with Crippen LogP contribution in [0.25, 0.3) is 10.9 Å². The predicted molar refractivity (Wildman–Crippen MR) is 117 cm³/mol. The fourth-order valence-electron chi connectivity index (χ4n) is 3.43. The molecule has 2 amide bonds. The lowest BCUT2D eigenvalue weighted by atomic mass is 9.96. The Morgan fingerprint density at radius 2 is 1.88 bits per heavy atom. The van der Waals surface area contributed by atoms with Crippen molar-refractivity contribution in [2.24, 2.45) is 5.92 Å². The molecule has 180 valence electrons. The zero-order chi connectivity index (χ0) is 24.4. The van der Waals surface area contributed by atoms with Crippen molar-refractivity contribution in [3.8, 4) is 0 Å². The molecular formula is C22H27F3N4O4. The Morgan fingerprint density at radius 1 is 1.18 bits per heavy atom. The van der Waals surface area contributed by atoms with E-state index in [9.17, 15) is 22.8 Å². The molecule has 1 aromatic heterocycles. The van der Waals surface area contributed by atoms with Crippen LogP contribution in [0.15, 0.2) is 30.3 Å². The van der Waals surface area contributed by atoms with Crippen LogP contribution >= 0.6 is 0 Å². The molecule has 1 aliphatic heterocycles. The third-order valence-corrected chi connectivity index (χ3v) is 4.98. The summed E-state index contributed by atoms with van der Waals surface area (Å²) in [5, 5.41) is 17.0. The second-order valence-corrected chi connectivity index (χ2v) is 7.53. The molecule has 1 aliphatic rings. The van der Waals surface area contributed by atoms with Crippen LogP contribution in [0.1, 0.15) is 43.0 Å². The van der Waals surface area contributed by atoms with Gasteiger partial charge in [-0.05, 0) is 57.3 Å². The number of anilines is 1. The quantitative estimate of drug-likeness (QED) is 0.534. The molecule has 11 heteroatoms. The molecule has 1 saturated heterocycles. The highest BCUT2D eigenvalue weighted by Gasteiger charge is 2.38. The normalized spacial score (nSPS) is 16.2. The number of nitrogens with zero attached hydrogens (tertiary/aromatic N) is 1. The van der Waals surface area contributed by atoms with E-state index in [0.717, 1.165) is 37.7 Å². The van der Waals surface area contributed by atoms with Crippen molar-refractivity contribution in [1.29, 1.82) is 0 Å². The molecule has 1 fully saturated rings. The van der Waals surface area contributed by atoms with Crippen LogP contribution in [-0.2, 0) is 9.59 Å². The van der Waals surface area contributed by atoms with Crippen molar-refractivity contribution in [3.05, 3.63) is 35.9 Å². The summed E-state index contributed by atoms with van der Waals surface area (Å²) in [6.07, 6.45) is -1.40. The average Bonchev–Trinajstić information content (AvgIpc) is 3.01. The number of para-hydroxylation sites is 1. The molecule has 0 radical (unpaired) electrons. The number of amides is 2. The summed E-state index contributed by atoms with van der Waals surface area (Å²) in [5.74, 6) is -2.12. The van der Waals surface area contributed by atoms with E-state index in [1.165, 1.54) is 0 Å². The second-order valence-electron chi connectivity index (χ2n) is 7.53. The van der Waals surface area contributed by atoms with E-state index < -0.39 is 12.1 Å². The van der Waals surface area contributed by atoms with Gasteiger partial charge in [0, 0.05) is 18.4 Å². The Labute approximate surface area is 189 Å². The first kappa shape index (κ1) is 26.0. The van der Waals surface area contributed by atoms with Crippen molar-refractivity contribution < 1.29 is 32.7 Å². The van der Waals surface area contributed by atoms with E-state index >= 15 is 0 Å². The average molecular weight is 468 g/mol. The summed E-state index contributed by atoms with van der Waals surface area (Å²) in [5.41, 5.74) is 1.23. The molecule has 1 atom stereocenters. The van der Waals surface area contributed by atoms with E-state index in [1.54, 1.807) is 6.07 Å². The first-order valence-corrected chi connectivity index (χ1v) is 10.6. The van der Waals surface area contributed by atoms with Crippen molar-refractivity contribution in [3.63, 3.8) is 0 Å². The Bertz CT molecular complexity index is 974. The maximum absolute atomic E-state index is 12.5. The van der Waals surface area contributed by atoms with Gasteiger partial charge in [-0.3, -0.25) is 9.59 Å². The molecule has 2 aromatic rings. The largest absolute Gasteiger partial charge is 0.490 e. The van der Waals surface area contributed by atoms with Gasteiger partial charge in [0.25, 0.3) is 5.91 Å². The lowest BCUT2D eigenvalue weighted by Gasteiger charge is -2.14. The summed E-state index contributed by atoms with van der Waals surface area (Å²) in [6, 6.07) is 9.15. The number of aromatic nitrogens is 1. The number of rotatable bonds is 5. The van der Waals surface area contributed by atoms with Crippen molar-refractivity contribution in [1.82, 2.24) is 15.6 Å². The minimum atomic E-state index is -5.08. The van der Waals surface area contributed by atoms with Gasteiger partial charge < -0.3 is 21.1 Å². The molecular weight excluding hydrogens is 441 g/mol. The number of hydrogen-bond acceptors (Lipinski definition) is 5. The predicted octanol–water partition coefficient (Wildman–Crippen LogP) is 3.34. The van der Waals surface area contributed by atoms with Gasteiger partial charge in [0.05, 0.1) is 11.1 Å². The molecule has 8 nitrogen and oxygen atoms in total. The summed E-state index contributed by atoms with van der Waals surface area (Å²) in [4.78, 5) is 38.3. The summed E-state index contributed by atoms with van der Waals surface area (Å²) >= 11 is 0. The number of benzene rings is 1. The van der Waals surface area contributed by atoms with Gasteiger partial charge in [0.1, 0.15) is 5.82 Å². The fourth-order valence-corrected chi connectivity index (χ4v) is 3.43. The number of nitrogens with one attached hydrogen (secondary N) is 3. The van der Waals surface area contributed by atoms with Crippen LogP contribution in [0, 0.1) is 5.92 Å². The minimum absolute atomic E-state index is 0.0402. The highest BCUT2D eigenvalue weighted by molar-refractivity contribution is 6.07. The number of halogens is 3. The topological polar surface area (TPSA) is 120 Å². The van der Waals surface area contributed by atoms with Crippen LogP contribution in [-0.4, -0.2) is 53.7 Å². The van der Waals surface area contributed by atoms with Crippen LogP contribution in [0.3, 0.4) is 0 Å². The summed E-state index contributed by atoms with van der Waals surface area (Å²) in [7, 11) is 0. The van der Waals surface area contributed by atoms with E-state index in [1.807, 2.05) is 31.2 Å². The van der Waals surface area contributed by atoms with Gasteiger partial charge in [-0.15, -0.1) is 0 Å². The number of carbonyl (C=O) groups is 3. The molecule has 0 spiro atoms. The molecule has 0 aliphatic carbocycles. The third kappa shape index (κ3) is 8.33. The molecule has 3 rings (SSSR count). The fraction of sp³-hybridized carbons (Fsp3) is 0.455. The van der Waals surface area contributed by atoms with E-state index in [-0.39, 0.29) is 11.8 Å². The van der Waals surface area contributed by atoms with Crippen LogP contribution < -0.4 is 16.0 Å². The lowest BCUT2D eigenvalue weighted by molar-refractivity contribution is -0.192. The molecule has 4 N–H and O–H groups in total. The number of alkyl halides is 3. The van der Waals surface area contributed by atoms with E-state index in [2.05, 4.69) is 20.9 Å². The molecule has 1 unspecified atom stereocenters. The van der Waals surface area contributed by atoms with Crippen molar-refractivity contribution in [2.45, 2.75) is 38.8 Å². The number of carboxylic acid groups (broad SMARTS) is 1. The number of pyridine rings is 1. The Hall–Kier alpha value is -3.21. The van der Waals surface area contributed by atoms with Gasteiger partial charge >= 0.3 is 12.1 Å². The smallest absolute Gasteiger partial charge is 0.475 e. The molecule has 0 saturated carbocycles. The SMILES string of the molecule is CCNC(=O)c1cc(NC(=O)CC2CCCNCC2)nc2ccccc12.O=C(O)C(F)(F)F. The second kappa shape index (κ2) is 12.1. The van der Waals surface area contributed by atoms with Crippen LogP contribution in [0.4, 0.5) is 19.0 Å². The maximum atomic E-state index is 12.5. The first-order chi connectivity index (χ1) is 15.6. The summed E-state index contributed by atoms with van der Waals surface area (Å²) < 4.78 is 31.7. The molecule has 0 bridgehead atoms. The van der Waals surface area contributed by atoms with Crippen molar-refractivity contribution in [2.75, 3.05) is 25.0 Å². The Morgan fingerprint density at radius 3 is 2.55 bits per heavy atom. The molecule has 33 heavy (non-hydrogen) atoms. The van der Waals surface area contributed by atoms with Crippen LogP contribution in [0.2, 0.25) is 0 Å². The lowest BCUT2D eigenvalue weighted by Crippen LogP contribution is -2.24. The van der Waals surface area contributed by atoms with E-state index in [0.29, 0.717) is 35.8 Å². The maximum Gasteiger partial charge on any atom is 0.490 e. The zero-order valence-electron chi connectivity index (χ0n) is 18.2. The number of carboxylic acids is 1. The zero-order valence-corrected chi connectivity index (χ0v) is 18.2. The Balaban J connectivity index is 0.000000479. The number of hydrogen-bond donors (Lipinski definition) is 4. The minimum Gasteiger partial charge on any atom is -0.475 e. The molecule has 2 heterocycles. The van der Waals surface area contributed by atoms with Gasteiger partial charge in [-0.1, -0.05) is 18.2 Å². The number of carbonyl (C=O) groups excluding carboxylic acids is 2. The molecule has 1 aromatic carbocycles. The van der Waals surface area contributed by atoms with Crippen LogP contribution in [0.5, 0.6) is 0 Å². The monoisotopic (exact) mass is 468 g/mol. The standard InChI is InChI=1S/C20H26N4O2.C2HF3O2/c1-2-22-20(26)16-13-18(23-17-8-4-3-7-15(16)17)24-19(25)12-14-6-5-10-21-11-9-14;3-2(4,5)1(6)7/h3-4,7-8,13-14,21H,2,5-6,9-12H2,1H3,(H,22,26)(H,23,24,25);(H,6,7). The van der Waals surface area contributed by atoms with Gasteiger partial charge in [0.15, 0.2) is 0 Å². The van der Waals surface area contributed by atoms with Gasteiger partial charge in [-0.2, -0.15) is 13.2 Å². The highest BCUT2D eigenvalue weighted by atomic mass is 19.4. The summed E-state index contributed by atoms with van der Waals surface area (Å²) in [6.45, 7) is 4.42. The van der Waals surface area contributed by atoms with Gasteiger partial charge in [-0.25, -0.2) is 9.78 Å². The Kier molecular flexibility index (Phi) is 9.58.